The van der Waals surface area contributed by atoms with Crippen LogP contribution < -0.4 is 9.47 Å². The van der Waals surface area contributed by atoms with Crippen LogP contribution in [0.15, 0.2) is 30.3 Å². The van der Waals surface area contributed by atoms with Gasteiger partial charge in [0.15, 0.2) is 6.29 Å². The first-order chi connectivity index (χ1) is 10.1. The van der Waals surface area contributed by atoms with Crippen LogP contribution >= 0.6 is 34.8 Å². The fourth-order valence-electron chi connectivity index (χ4n) is 1.72. The number of ether oxygens (including phenoxy) is 2. The highest BCUT2D eigenvalue weighted by Gasteiger charge is 2.12. The Bertz CT molecular complexity index is 671. The van der Waals surface area contributed by atoms with Gasteiger partial charge in [0, 0.05) is 16.7 Å². The van der Waals surface area contributed by atoms with Crippen LogP contribution in [-0.4, -0.2) is 13.4 Å². The molecular formula is C15H11Cl3O3. The molecule has 0 spiro atoms. The smallest absolute Gasteiger partial charge is 0.153 e. The molecule has 0 unspecified atom stereocenters. The van der Waals surface area contributed by atoms with E-state index in [1.54, 1.807) is 30.3 Å². The Morgan fingerprint density at radius 2 is 1.81 bits per heavy atom. The zero-order valence-electron chi connectivity index (χ0n) is 11.0. The van der Waals surface area contributed by atoms with Gasteiger partial charge in [-0.1, -0.05) is 34.8 Å². The van der Waals surface area contributed by atoms with E-state index in [1.165, 1.54) is 7.11 Å². The Kier molecular flexibility index (Phi) is 5.34. The molecule has 0 fully saturated rings. The minimum Gasteiger partial charge on any atom is -0.497 e. The van der Waals surface area contributed by atoms with Crippen molar-refractivity contribution in [1.29, 1.82) is 0 Å². The molecular weight excluding hydrogens is 335 g/mol. The minimum absolute atomic E-state index is 0.0895. The molecule has 0 aromatic heterocycles. The van der Waals surface area contributed by atoms with Gasteiger partial charge in [0.05, 0.1) is 22.7 Å². The molecule has 3 nitrogen and oxygen atoms in total. The van der Waals surface area contributed by atoms with Crippen LogP contribution in [0.2, 0.25) is 15.1 Å². The second-order valence-corrected chi connectivity index (χ2v) is 5.32. The van der Waals surface area contributed by atoms with E-state index in [9.17, 15) is 4.79 Å². The Morgan fingerprint density at radius 3 is 2.48 bits per heavy atom. The predicted octanol–water partition coefficient (Wildman–Crippen LogP) is 5.05. The minimum atomic E-state index is 0.0895. The van der Waals surface area contributed by atoms with Crippen molar-refractivity contribution in [3.63, 3.8) is 0 Å². The van der Waals surface area contributed by atoms with Gasteiger partial charge >= 0.3 is 0 Å². The lowest BCUT2D eigenvalue weighted by Gasteiger charge is -2.12. The summed E-state index contributed by atoms with van der Waals surface area (Å²) < 4.78 is 10.7. The number of hydrogen-bond acceptors (Lipinski definition) is 3. The van der Waals surface area contributed by atoms with Crippen molar-refractivity contribution in [2.45, 2.75) is 6.61 Å². The lowest BCUT2D eigenvalue weighted by molar-refractivity contribution is 0.111. The zero-order chi connectivity index (χ0) is 15.4. The standard InChI is InChI=1S/C15H11Cl3O3/c1-20-10-3-2-9(7-19)14(6-10)21-8-11-12(16)4-5-13(17)15(11)18/h2-7H,8H2,1H3. The first-order valence-electron chi connectivity index (χ1n) is 5.95. The molecule has 2 rings (SSSR count). The summed E-state index contributed by atoms with van der Waals surface area (Å²) in [4.78, 5) is 11.0. The molecule has 0 saturated carbocycles. The van der Waals surface area contributed by atoms with E-state index in [1.807, 2.05) is 0 Å². The highest BCUT2D eigenvalue weighted by Crippen LogP contribution is 2.33. The molecule has 2 aromatic rings. The number of aldehydes is 1. The number of halogens is 3. The highest BCUT2D eigenvalue weighted by atomic mass is 35.5. The van der Waals surface area contributed by atoms with Gasteiger partial charge in [-0.05, 0) is 24.3 Å². The van der Waals surface area contributed by atoms with Crippen molar-refractivity contribution in [3.05, 3.63) is 56.5 Å². The largest absolute Gasteiger partial charge is 0.497 e. The van der Waals surface area contributed by atoms with Crippen LogP contribution in [0.25, 0.3) is 0 Å². The summed E-state index contributed by atoms with van der Waals surface area (Å²) in [6.07, 6.45) is 0.704. The van der Waals surface area contributed by atoms with Gasteiger partial charge in [-0.25, -0.2) is 0 Å². The lowest BCUT2D eigenvalue weighted by atomic mass is 10.2. The van der Waals surface area contributed by atoms with Gasteiger partial charge in [0.1, 0.15) is 18.1 Å². The van der Waals surface area contributed by atoms with Crippen LogP contribution in [0.3, 0.4) is 0 Å². The molecule has 6 heteroatoms. The summed E-state index contributed by atoms with van der Waals surface area (Å²) >= 11 is 18.1. The summed E-state index contributed by atoms with van der Waals surface area (Å²) in [6, 6.07) is 8.16. The predicted molar refractivity (Wildman–Crippen MR) is 84.2 cm³/mol. The molecule has 0 aliphatic carbocycles. The number of benzene rings is 2. The molecule has 0 amide bonds. The van der Waals surface area contributed by atoms with Crippen LogP contribution in [-0.2, 0) is 6.61 Å². The van der Waals surface area contributed by atoms with Crippen molar-refractivity contribution >= 4 is 41.1 Å². The quantitative estimate of drug-likeness (QED) is 0.562. The van der Waals surface area contributed by atoms with Crippen LogP contribution in [0.4, 0.5) is 0 Å². The third-order valence-corrected chi connectivity index (χ3v) is 4.06. The summed E-state index contributed by atoms with van der Waals surface area (Å²) in [5.74, 6) is 0.968. The molecule has 21 heavy (non-hydrogen) atoms. The molecule has 2 aromatic carbocycles. The van der Waals surface area contributed by atoms with Crippen molar-refractivity contribution in [1.82, 2.24) is 0 Å². The monoisotopic (exact) mass is 344 g/mol. The Balaban J connectivity index is 2.28. The fraction of sp³-hybridized carbons (Fsp3) is 0.133. The molecule has 0 atom stereocenters. The second kappa shape index (κ2) is 7.03. The van der Waals surface area contributed by atoms with Gasteiger partial charge in [-0.2, -0.15) is 0 Å². The molecule has 0 bridgehead atoms. The molecule has 0 radical (unpaired) electrons. The molecule has 110 valence electrons. The zero-order valence-corrected chi connectivity index (χ0v) is 13.3. The van der Waals surface area contributed by atoms with E-state index in [4.69, 9.17) is 44.3 Å². The van der Waals surface area contributed by atoms with Crippen molar-refractivity contribution < 1.29 is 14.3 Å². The fourth-order valence-corrected chi connectivity index (χ4v) is 2.37. The third-order valence-electron chi connectivity index (χ3n) is 2.86. The number of methoxy groups -OCH3 is 1. The van der Waals surface area contributed by atoms with E-state index in [2.05, 4.69) is 0 Å². The van der Waals surface area contributed by atoms with Crippen LogP contribution in [0, 0.1) is 0 Å². The maximum atomic E-state index is 11.0. The molecule has 0 N–H and O–H groups in total. The maximum absolute atomic E-state index is 11.0. The summed E-state index contributed by atoms with van der Waals surface area (Å²) in [5, 5.41) is 1.17. The average Bonchev–Trinajstić information content (AvgIpc) is 2.50. The van der Waals surface area contributed by atoms with Gasteiger partial charge in [0.25, 0.3) is 0 Å². The van der Waals surface area contributed by atoms with Crippen LogP contribution in [0.1, 0.15) is 15.9 Å². The SMILES string of the molecule is COc1ccc(C=O)c(OCc2c(Cl)ccc(Cl)c2Cl)c1. The van der Waals surface area contributed by atoms with E-state index < -0.39 is 0 Å². The van der Waals surface area contributed by atoms with E-state index in [0.29, 0.717) is 44.0 Å². The van der Waals surface area contributed by atoms with Crippen molar-refractivity contribution in [2.75, 3.05) is 7.11 Å². The van der Waals surface area contributed by atoms with E-state index >= 15 is 0 Å². The highest BCUT2D eigenvalue weighted by molar-refractivity contribution is 6.44. The van der Waals surface area contributed by atoms with Gasteiger partial charge in [0.2, 0.25) is 0 Å². The molecule has 0 saturated heterocycles. The average molecular weight is 346 g/mol. The van der Waals surface area contributed by atoms with E-state index in [-0.39, 0.29) is 6.61 Å². The lowest BCUT2D eigenvalue weighted by Crippen LogP contribution is -2.00. The molecule has 0 heterocycles. The Hall–Kier alpha value is -1.42. The Morgan fingerprint density at radius 1 is 1.10 bits per heavy atom. The molecule has 0 aliphatic rings. The Labute approximate surface area is 137 Å². The number of carbonyl (C=O) groups excluding carboxylic acids is 1. The summed E-state index contributed by atoms with van der Waals surface area (Å²) in [7, 11) is 1.53. The maximum Gasteiger partial charge on any atom is 0.153 e. The van der Waals surface area contributed by atoms with E-state index in [0.717, 1.165) is 0 Å². The third kappa shape index (κ3) is 3.62. The van der Waals surface area contributed by atoms with Crippen molar-refractivity contribution in [2.24, 2.45) is 0 Å². The van der Waals surface area contributed by atoms with Crippen LogP contribution in [0.5, 0.6) is 11.5 Å². The number of carbonyl (C=O) groups is 1. The number of hydrogen-bond donors (Lipinski definition) is 0. The van der Waals surface area contributed by atoms with Gasteiger partial charge < -0.3 is 9.47 Å². The second-order valence-electron chi connectivity index (χ2n) is 4.13. The topological polar surface area (TPSA) is 35.5 Å². The summed E-state index contributed by atoms with van der Waals surface area (Å²) in [5.41, 5.74) is 0.968. The van der Waals surface area contributed by atoms with Crippen molar-refractivity contribution in [3.8, 4) is 11.5 Å². The number of rotatable bonds is 5. The van der Waals surface area contributed by atoms with Gasteiger partial charge in [-0.15, -0.1) is 0 Å². The first kappa shape index (κ1) is 16.0. The normalized spacial score (nSPS) is 10.3. The van der Waals surface area contributed by atoms with Gasteiger partial charge in [-0.3, -0.25) is 4.79 Å². The molecule has 0 aliphatic heterocycles. The summed E-state index contributed by atoms with van der Waals surface area (Å²) in [6.45, 7) is 0.0895. The first-order valence-corrected chi connectivity index (χ1v) is 7.08.